The average molecular weight is 376 g/mol. The molecule has 26 heavy (non-hydrogen) atoms. The van der Waals surface area contributed by atoms with Gasteiger partial charge in [0.1, 0.15) is 11.6 Å². The maximum absolute atomic E-state index is 12.4. The van der Waals surface area contributed by atoms with E-state index >= 15 is 0 Å². The van der Waals surface area contributed by atoms with Crippen molar-refractivity contribution in [1.82, 2.24) is 14.7 Å². The van der Waals surface area contributed by atoms with Crippen LogP contribution in [0.2, 0.25) is 0 Å². The third-order valence-electron chi connectivity index (χ3n) is 4.11. The van der Waals surface area contributed by atoms with Crippen molar-refractivity contribution in [3.05, 3.63) is 53.0 Å². The van der Waals surface area contributed by atoms with Crippen molar-refractivity contribution in [3.8, 4) is 0 Å². The van der Waals surface area contributed by atoms with Crippen LogP contribution in [-0.4, -0.2) is 44.7 Å². The Balaban J connectivity index is 1.67. The minimum absolute atomic E-state index is 0.0587. The number of nitrogens with zero attached hydrogens (tertiary/aromatic N) is 3. The molecule has 0 radical (unpaired) electrons. The van der Waals surface area contributed by atoms with Crippen LogP contribution in [0.5, 0.6) is 0 Å². The van der Waals surface area contributed by atoms with Gasteiger partial charge in [-0.1, -0.05) is 29.8 Å². The van der Waals surface area contributed by atoms with Gasteiger partial charge in [-0.05, 0) is 19.4 Å². The first kappa shape index (κ1) is 18.8. The van der Waals surface area contributed by atoms with Crippen LogP contribution in [0.3, 0.4) is 0 Å². The largest absolute Gasteiger partial charge is 0.378 e. The fourth-order valence-electron chi connectivity index (χ4n) is 2.89. The molecule has 1 aliphatic heterocycles. The van der Waals surface area contributed by atoms with E-state index in [2.05, 4.69) is 19.6 Å². The van der Waals surface area contributed by atoms with Crippen molar-refractivity contribution in [1.29, 1.82) is 0 Å². The van der Waals surface area contributed by atoms with Gasteiger partial charge < -0.3 is 9.64 Å². The number of hydrogen-bond donors (Lipinski definition) is 1. The quantitative estimate of drug-likeness (QED) is 0.823. The summed E-state index contributed by atoms with van der Waals surface area (Å²) < 4.78 is 32.7. The second-order valence-electron chi connectivity index (χ2n) is 6.45. The molecule has 1 N–H and O–H groups in total. The molecule has 2 aromatic rings. The van der Waals surface area contributed by atoms with Gasteiger partial charge in [-0.25, -0.2) is 23.1 Å². The summed E-state index contributed by atoms with van der Waals surface area (Å²) in [7, 11) is -3.46. The summed E-state index contributed by atoms with van der Waals surface area (Å²) in [6.45, 7) is 6.79. The summed E-state index contributed by atoms with van der Waals surface area (Å²) in [6, 6.07) is 9.40. The fraction of sp³-hybridized carbons (Fsp3) is 0.444. The lowest BCUT2D eigenvalue weighted by atomic mass is 10.2. The van der Waals surface area contributed by atoms with Crippen molar-refractivity contribution in [2.45, 2.75) is 26.1 Å². The van der Waals surface area contributed by atoms with Crippen molar-refractivity contribution >= 4 is 15.8 Å². The molecule has 0 aliphatic carbocycles. The van der Waals surface area contributed by atoms with Crippen LogP contribution >= 0.6 is 0 Å². The lowest BCUT2D eigenvalue weighted by molar-refractivity contribution is 0.122. The van der Waals surface area contributed by atoms with Gasteiger partial charge in [0, 0.05) is 24.8 Å². The molecule has 0 atom stereocenters. The molecule has 1 aromatic carbocycles. The van der Waals surface area contributed by atoms with E-state index in [1.165, 1.54) is 0 Å². The molecule has 0 amide bonds. The first-order valence-electron chi connectivity index (χ1n) is 8.61. The number of hydrogen-bond acceptors (Lipinski definition) is 6. The smallest absolute Gasteiger partial charge is 0.216 e. The molecular formula is C18H24N4O3S. The molecule has 0 saturated carbocycles. The third-order valence-corrected chi connectivity index (χ3v) is 5.41. The molecule has 8 heteroatoms. The third kappa shape index (κ3) is 5.23. The Labute approximate surface area is 154 Å². The van der Waals surface area contributed by atoms with E-state index in [9.17, 15) is 8.42 Å². The Morgan fingerprint density at radius 1 is 1.15 bits per heavy atom. The zero-order valence-corrected chi connectivity index (χ0v) is 15.9. The summed E-state index contributed by atoms with van der Waals surface area (Å²) in [5.74, 6) is 1.23. The van der Waals surface area contributed by atoms with Crippen molar-refractivity contribution in [2.24, 2.45) is 0 Å². The van der Waals surface area contributed by atoms with Crippen LogP contribution in [0, 0.1) is 13.8 Å². The van der Waals surface area contributed by atoms with Gasteiger partial charge in [-0.15, -0.1) is 0 Å². The molecule has 1 saturated heterocycles. The Kier molecular flexibility index (Phi) is 5.85. The predicted molar refractivity (Wildman–Crippen MR) is 100 cm³/mol. The summed E-state index contributed by atoms with van der Waals surface area (Å²) in [6.07, 6.45) is 0. The number of benzene rings is 1. The van der Waals surface area contributed by atoms with Crippen LogP contribution < -0.4 is 9.62 Å². The maximum Gasteiger partial charge on any atom is 0.216 e. The van der Waals surface area contributed by atoms with E-state index < -0.39 is 10.0 Å². The van der Waals surface area contributed by atoms with Crippen molar-refractivity contribution in [3.63, 3.8) is 0 Å². The van der Waals surface area contributed by atoms with Crippen LogP contribution in [-0.2, 0) is 27.1 Å². The number of morpholine rings is 1. The van der Waals surface area contributed by atoms with E-state index in [0.717, 1.165) is 35.7 Å². The number of sulfonamides is 1. The predicted octanol–water partition coefficient (Wildman–Crippen LogP) is 1.55. The molecule has 0 bridgehead atoms. The molecule has 1 fully saturated rings. The number of anilines is 1. The number of rotatable bonds is 6. The summed E-state index contributed by atoms with van der Waals surface area (Å²) >= 11 is 0. The van der Waals surface area contributed by atoms with Gasteiger partial charge in [0.05, 0.1) is 25.5 Å². The van der Waals surface area contributed by atoms with E-state index in [1.807, 2.05) is 44.2 Å². The molecule has 140 valence electrons. The molecule has 7 nitrogen and oxygen atoms in total. The van der Waals surface area contributed by atoms with Crippen LogP contribution in [0.1, 0.15) is 22.6 Å². The van der Waals surface area contributed by atoms with Crippen LogP contribution in [0.4, 0.5) is 5.82 Å². The van der Waals surface area contributed by atoms with Gasteiger partial charge in [-0.2, -0.15) is 0 Å². The van der Waals surface area contributed by atoms with Gasteiger partial charge in [-0.3, -0.25) is 0 Å². The summed E-state index contributed by atoms with van der Waals surface area (Å²) in [4.78, 5) is 11.0. The highest BCUT2D eigenvalue weighted by atomic mass is 32.2. The summed E-state index contributed by atoms with van der Waals surface area (Å²) in [5, 5.41) is 0. The highest BCUT2D eigenvalue weighted by Gasteiger charge is 2.16. The van der Waals surface area contributed by atoms with Crippen LogP contribution in [0.25, 0.3) is 0 Å². The lowest BCUT2D eigenvalue weighted by Crippen LogP contribution is -2.37. The monoisotopic (exact) mass is 376 g/mol. The molecule has 0 unspecified atom stereocenters. The minimum Gasteiger partial charge on any atom is -0.378 e. The topological polar surface area (TPSA) is 84.4 Å². The van der Waals surface area contributed by atoms with E-state index in [0.29, 0.717) is 19.0 Å². The van der Waals surface area contributed by atoms with Crippen molar-refractivity contribution in [2.75, 3.05) is 31.2 Å². The van der Waals surface area contributed by atoms with E-state index in [4.69, 9.17) is 4.74 Å². The molecule has 3 rings (SSSR count). The van der Waals surface area contributed by atoms with Crippen LogP contribution in [0.15, 0.2) is 30.3 Å². The first-order chi connectivity index (χ1) is 12.4. The maximum atomic E-state index is 12.4. The second-order valence-corrected chi connectivity index (χ2v) is 8.26. The molecule has 2 heterocycles. The minimum atomic E-state index is -3.46. The second kappa shape index (κ2) is 8.11. The normalized spacial score (nSPS) is 15.2. The zero-order valence-electron chi connectivity index (χ0n) is 15.1. The Hall–Kier alpha value is -2.03. The van der Waals surface area contributed by atoms with E-state index in [-0.39, 0.29) is 12.3 Å². The van der Waals surface area contributed by atoms with E-state index in [1.54, 1.807) is 0 Å². The molecular weight excluding hydrogens is 352 g/mol. The van der Waals surface area contributed by atoms with Crippen molar-refractivity contribution < 1.29 is 13.2 Å². The van der Waals surface area contributed by atoms with Gasteiger partial charge in [0.25, 0.3) is 0 Å². The molecule has 1 aromatic heterocycles. The molecule has 0 spiro atoms. The SMILES string of the molecule is Cc1cccc(CS(=O)(=O)NCc2nc(C)cc(N3CCOCC3)n2)c1. The Morgan fingerprint density at radius 2 is 1.92 bits per heavy atom. The zero-order chi connectivity index (χ0) is 18.6. The number of nitrogens with one attached hydrogen (secondary N) is 1. The number of ether oxygens (including phenoxy) is 1. The fourth-order valence-corrected chi connectivity index (χ4v) is 3.96. The number of aryl methyl sites for hydroxylation is 2. The summed E-state index contributed by atoms with van der Waals surface area (Å²) in [5.41, 5.74) is 2.61. The first-order valence-corrected chi connectivity index (χ1v) is 10.3. The van der Waals surface area contributed by atoms with Gasteiger partial charge >= 0.3 is 0 Å². The highest BCUT2D eigenvalue weighted by molar-refractivity contribution is 7.88. The highest BCUT2D eigenvalue weighted by Crippen LogP contribution is 2.14. The lowest BCUT2D eigenvalue weighted by Gasteiger charge is -2.28. The Bertz CT molecular complexity index is 864. The molecule has 1 aliphatic rings. The average Bonchev–Trinajstić information content (AvgIpc) is 2.60. The standard InChI is InChI=1S/C18H24N4O3S/c1-14-4-3-5-16(10-14)13-26(23,24)19-12-17-20-15(2)11-18(21-17)22-6-8-25-9-7-22/h3-5,10-11,19H,6-9,12-13H2,1-2H3. The number of aromatic nitrogens is 2. The van der Waals surface area contributed by atoms with Gasteiger partial charge in [0.2, 0.25) is 10.0 Å². The van der Waals surface area contributed by atoms with Gasteiger partial charge in [0.15, 0.2) is 0 Å². The Morgan fingerprint density at radius 3 is 2.65 bits per heavy atom.